The highest BCUT2D eigenvalue weighted by Gasteiger charge is 2.24. The Labute approximate surface area is 114 Å². The van der Waals surface area contributed by atoms with Crippen molar-refractivity contribution < 1.29 is 22.7 Å². The second-order valence-corrected chi connectivity index (χ2v) is 6.47. The molecular formula is C8H7Br2NO5S. The van der Waals surface area contributed by atoms with Gasteiger partial charge in [0.25, 0.3) is 0 Å². The maximum atomic E-state index is 11.7. The highest BCUT2D eigenvalue weighted by Crippen LogP contribution is 2.26. The molecule has 6 nitrogen and oxygen atoms in total. The molecule has 0 radical (unpaired) electrons. The Balaban J connectivity index is 3.07. The Morgan fingerprint density at radius 2 is 2.18 bits per heavy atom. The van der Waals surface area contributed by atoms with Crippen molar-refractivity contribution in [2.24, 2.45) is 0 Å². The average Bonchev–Trinajstić information content (AvgIpc) is 2.58. The third-order valence-corrected chi connectivity index (χ3v) is 4.15. The summed E-state index contributed by atoms with van der Waals surface area (Å²) in [5, 5.41) is 8.66. The molecule has 0 aliphatic heterocycles. The molecule has 0 atom stereocenters. The molecule has 94 valence electrons. The van der Waals surface area contributed by atoms with Gasteiger partial charge in [-0.1, -0.05) is 22.5 Å². The summed E-state index contributed by atoms with van der Waals surface area (Å²) in [6.45, 7) is 3.46. The molecular weight excluding hydrogens is 382 g/mol. The van der Waals surface area contributed by atoms with Crippen LogP contribution in [0.15, 0.2) is 31.1 Å². The minimum Gasteiger partial charge on any atom is -0.475 e. The number of nitrogens with one attached hydrogen (secondary N) is 1. The first-order valence-electron chi connectivity index (χ1n) is 4.09. The van der Waals surface area contributed by atoms with Gasteiger partial charge in [0.1, 0.15) is 4.90 Å². The average molecular weight is 389 g/mol. The van der Waals surface area contributed by atoms with Gasteiger partial charge in [-0.25, -0.2) is 17.9 Å². The van der Waals surface area contributed by atoms with E-state index in [-0.39, 0.29) is 16.1 Å². The zero-order valence-corrected chi connectivity index (χ0v) is 12.2. The molecule has 0 aliphatic rings. The van der Waals surface area contributed by atoms with Gasteiger partial charge in [-0.15, -0.1) is 0 Å². The molecule has 17 heavy (non-hydrogen) atoms. The van der Waals surface area contributed by atoms with Crippen LogP contribution in [-0.4, -0.2) is 26.0 Å². The van der Waals surface area contributed by atoms with Crippen molar-refractivity contribution in [1.29, 1.82) is 0 Å². The van der Waals surface area contributed by atoms with Crippen molar-refractivity contribution in [3.05, 3.63) is 27.6 Å². The van der Waals surface area contributed by atoms with E-state index in [1.807, 2.05) is 0 Å². The molecule has 0 aromatic carbocycles. The number of carboxylic acids is 1. The van der Waals surface area contributed by atoms with Crippen molar-refractivity contribution in [3.63, 3.8) is 0 Å². The van der Waals surface area contributed by atoms with Crippen LogP contribution in [0.2, 0.25) is 0 Å². The number of halogens is 2. The first-order valence-corrected chi connectivity index (χ1v) is 7.16. The monoisotopic (exact) mass is 387 g/mol. The SMILES string of the molecule is C=C(Br)CNS(=O)(=O)c1cc(C(=O)O)oc1Br. The van der Waals surface area contributed by atoms with Crippen molar-refractivity contribution >= 4 is 47.9 Å². The summed E-state index contributed by atoms with van der Waals surface area (Å²) in [5.41, 5.74) is 0. The molecule has 1 aromatic heterocycles. The molecule has 0 aliphatic carbocycles. The summed E-state index contributed by atoms with van der Waals surface area (Å²) in [6.07, 6.45) is 0. The van der Waals surface area contributed by atoms with Gasteiger partial charge in [-0.2, -0.15) is 0 Å². The van der Waals surface area contributed by atoms with Gasteiger partial charge in [0.2, 0.25) is 15.8 Å². The van der Waals surface area contributed by atoms with Gasteiger partial charge in [-0.05, 0) is 15.9 Å². The highest BCUT2D eigenvalue weighted by molar-refractivity contribution is 9.11. The summed E-state index contributed by atoms with van der Waals surface area (Å²) in [4.78, 5) is 10.3. The molecule has 0 saturated heterocycles. The number of sulfonamides is 1. The van der Waals surface area contributed by atoms with E-state index in [4.69, 9.17) is 9.52 Å². The fraction of sp³-hybridized carbons (Fsp3) is 0.125. The first-order chi connectivity index (χ1) is 7.74. The van der Waals surface area contributed by atoms with Gasteiger partial charge >= 0.3 is 5.97 Å². The van der Waals surface area contributed by atoms with E-state index in [0.29, 0.717) is 4.48 Å². The number of rotatable bonds is 5. The summed E-state index contributed by atoms with van der Waals surface area (Å²) in [6, 6.07) is 0.922. The maximum absolute atomic E-state index is 11.7. The van der Waals surface area contributed by atoms with Crippen LogP contribution in [0.4, 0.5) is 0 Å². The second kappa shape index (κ2) is 5.34. The number of aromatic carboxylic acids is 1. The highest BCUT2D eigenvalue weighted by atomic mass is 79.9. The molecule has 9 heteroatoms. The zero-order chi connectivity index (χ0) is 13.2. The molecule has 0 bridgehead atoms. The minimum atomic E-state index is -3.84. The Morgan fingerprint density at radius 3 is 2.59 bits per heavy atom. The third-order valence-electron chi connectivity index (χ3n) is 1.61. The van der Waals surface area contributed by atoms with Crippen LogP contribution in [0.1, 0.15) is 10.6 Å². The normalized spacial score (nSPS) is 11.4. The van der Waals surface area contributed by atoms with Crippen LogP contribution in [0, 0.1) is 0 Å². The van der Waals surface area contributed by atoms with Gasteiger partial charge in [-0.3, -0.25) is 0 Å². The smallest absolute Gasteiger partial charge is 0.371 e. The van der Waals surface area contributed by atoms with Crippen LogP contribution >= 0.6 is 31.9 Å². The van der Waals surface area contributed by atoms with Crippen molar-refractivity contribution in [3.8, 4) is 0 Å². The van der Waals surface area contributed by atoms with Gasteiger partial charge in [0, 0.05) is 17.1 Å². The summed E-state index contributed by atoms with van der Waals surface area (Å²) < 4.78 is 30.7. The van der Waals surface area contributed by atoms with Crippen molar-refractivity contribution in [2.75, 3.05) is 6.54 Å². The number of hydrogen-bond acceptors (Lipinski definition) is 4. The number of furan rings is 1. The van der Waals surface area contributed by atoms with Crippen LogP contribution in [-0.2, 0) is 10.0 Å². The van der Waals surface area contributed by atoms with E-state index in [1.54, 1.807) is 0 Å². The standard InChI is InChI=1S/C8H7Br2NO5S/c1-4(9)3-11-17(14,15)6-2-5(8(12)13)16-7(6)10/h2,11H,1,3H2,(H,12,13). The summed E-state index contributed by atoms with van der Waals surface area (Å²) >= 11 is 5.84. The Hall–Kier alpha value is -0.640. The summed E-state index contributed by atoms with van der Waals surface area (Å²) in [5.74, 6) is -1.81. The fourth-order valence-electron chi connectivity index (χ4n) is 0.892. The maximum Gasteiger partial charge on any atom is 0.371 e. The van der Waals surface area contributed by atoms with Crippen molar-refractivity contribution in [1.82, 2.24) is 4.72 Å². The molecule has 0 amide bonds. The van der Waals surface area contributed by atoms with E-state index in [1.165, 1.54) is 0 Å². The van der Waals surface area contributed by atoms with E-state index < -0.39 is 21.8 Å². The molecule has 1 heterocycles. The third kappa shape index (κ3) is 3.66. The second-order valence-electron chi connectivity index (χ2n) is 2.90. The molecule has 1 aromatic rings. The lowest BCUT2D eigenvalue weighted by molar-refractivity contribution is 0.0661. The van der Waals surface area contributed by atoms with Gasteiger partial charge < -0.3 is 9.52 Å². The molecule has 1 rings (SSSR count). The van der Waals surface area contributed by atoms with Crippen molar-refractivity contribution in [2.45, 2.75) is 4.90 Å². The first kappa shape index (κ1) is 14.4. The lowest BCUT2D eigenvalue weighted by atomic mass is 10.5. The predicted molar refractivity (Wildman–Crippen MR) is 66.6 cm³/mol. The van der Waals surface area contributed by atoms with Crippen LogP contribution in [0.25, 0.3) is 0 Å². The van der Waals surface area contributed by atoms with Crippen LogP contribution < -0.4 is 4.72 Å². The van der Waals surface area contributed by atoms with E-state index >= 15 is 0 Å². The molecule has 2 N–H and O–H groups in total. The molecule has 0 fully saturated rings. The minimum absolute atomic E-state index is 0.0115. The fourth-order valence-corrected chi connectivity index (χ4v) is 3.18. The Kier molecular flexibility index (Phi) is 4.53. The topological polar surface area (TPSA) is 96.6 Å². The van der Waals surface area contributed by atoms with E-state index in [9.17, 15) is 13.2 Å². The Morgan fingerprint density at radius 1 is 1.59 bits per heavy atom. The lowest BCUT2D eigenvalue weighted by Crippen LogP contribution is -2.24. The predicted octanol–water partition coefficient (Wildman–Crippen LogP) is 1.93. The van der Waals surface area contributed by atoms with Crippen LogP contribution in [0.5, 0.6) is 0 Å². The number of carbonyl (C=O) groups is 1. The number of hydrogen-bond donors (Lipinski definition) is 2. The molecule has 0 unspecified atom stereocenters. The van der Waals surface area contributed by atoms with E-state index in [0.717, 1.165) is 6.07 Å². The number of carboxylic acid groups (broad SMARTS) is 1. The Bertz CT molecular complexity index is 562. The van der Waals surface area contributed by atoms with Gasteiger partial charge in [0.15, 0.2) is 4.67 Å². The summed E-state index contributed by atoms with van der Waals surface area (Å²) in [7, 11) is -3.84. The largest absolute Gasteiger partial charge is 0.475 e. The van der Waals surface area contributed by atoms with Crippen LogP contribution in [0.3, 0.4) is 0 Å². The van der Waals surface area contributed by atoms with E-state index in [2.05, 4.69) is 43.2 Å². The quantitative estimate of drug-likeness (QED) is 0.803. The lowest BCUT2D eigenvalue weighted by Gasteiger charge is -2.03. The molecule has 0 spiro atoms. The van der Waals surface area contributed by atoms with Gasteiger partial charge in [0.05, 0.1) is 0 Å². The molecule has 0 saturated carbocycles. The zero-order valence-electron chi connectivity index (χ0n) is 8.24.